The van der Waals surface area contributed by atoms with Gasteiger partial charge in [0.2, 0.25) is 6.33 Å². The number of rotatable bonds is 6. The van der Waals surface area contributed by atoms with E-state index in [9.17, 15) is 0 Å². The van der Waals surface area contributed by atoms with E-state index in [1.165, 1.54) is 5.56 Å². The van der Waals surface area contributed by atoms with E-state index < -0.39 is 0 Å². The van der Waals surface area contributed by atoms with E-state index >= 15 is 0 Å². The summed E-state index contributed by atoms with van der Waals surface area (Å²) in [6.07, 6.45) is 8.25. The zero-order chi connectivity index (χ0) is 12.8. The Bertz CT molecular complexity index is 454. The number of hydrogen-bond acceptors (Lipinski definition) is 1. The maximum absolute atomic E-state index is 5.44. The van der Waals surface area contributed by atoms with Gasteiger partial charge in [0.15, 0.2) is 0 Å². The first kappa shape index (κ1) is 16.0. The molecule has 0 fully saturated rings. The van der Waals surface area contributed by atoms with E-state index in [0.717, 1.165) is 25.2 Å². The highest BCUT2D eigenvalue weighted by Crippen LogP contribution is 2.15. The molecule has 1 heterocycles. The molecule has 3 nitrogen and oxygen atoms in total. The first-order chi connectivity index (χ1) is 8.79. The van der Waals surface area contributed by atoms with Crippen molar-refractivity contribution in [3.63, 3.8) is 0 Å². The lowest BCUT2D eigenvalue weighted by molar-refractivity contribution is -0.719. The van der Waals surface area contributed by atoms with Crippen LogP contribution in [0.4, 0.5) is 0 Å². The van der Waals surface area contributed by atoms with Crippen LogP contribution in [0.3, 0.4) is 0 Å². The summed E-state index contributed by atoms with van der Waals surface area (Å²) in [4.78, 5) is 3.08. The molecule has 1 aromatic carbocycles. The third-order valence-corrected chi connectivity index (χ3v) is 3.16. The molecule has 0 aliphatic carbocycles. The molecule has 2 aromatic rings. The maximum Gasteiger partial charge on any atom is 0.241 e. The lowest BCUT2D eigenvalue weighted by Gasteiger charge is -2.08. The fraction of sp³-hybridized carbons (Fsp3) is 0.400. The molecule has 0 amide bonds. The van der Waals surface area contributed by atoms with Crippen molar-refractivity contribution in [3.05, 3.63) is 48.5 Å². The third kappa shape index (κ3) is 4.86. The van der Waals surface area contributed by atoms with E-state index in [0.29, 0.717) is 6.04 Å². The fourth-order valence-corrected chi connectivity index (χ4v) is 2.02. The van der Waals surface area contributed by atoms with Crippen molar-refractivity contribution in [3.8, 4) is 5.75 Å². The van der Waals surface area contributed by atoms with Gasteiger partial charge in [0.1, 0.15) is 18.1 Å². The number of nitrogens with one attached hydrogen (secondary N) is 1. The van der Waals surface area contributed by atoms with Crippen LogP contribution in [0.15, 0.2) is 43.0 Å². The summed E-state index contributed by atoms with van der Waals surface area (Å²) in [6.45, 7) is 4.96. The summed E-state index contributed by atoms with van der Waals surface area (Å²) in [5.41, 5.74) is 1.36. The van der Waals surface area contributed by atoms with Gasteiger partial charge in [-0.3, -0.25) is 4.98 Å². The van der Waals surface area contributed by atoms with E-state index in [1.54, 1.807) is 0 Å². The van der Waals surface area contributed by atoms with Crippen LogP contribution in [0.25, 0.3) is 0 Å². The van der Waals surface area contributed by atoms with Crippen LogP contribution in [0.1, 0.15) is 31.9 Å². The second-order valence-electron chi connectivity index (χ2n) is 4.52. The molecule has 0 aliphatic heterocycles. The topological polar surface area (TPSA) is 28.9 Å². The number of aryl methyl sites for hydroxylation is 1. The zero-order valence-electron chi connectivity index (χ0n) is 11.5. The number of halogens is 1. The standard InChI is InChI=1S/C15H20N2O.HI/c1-3-18-15-8-6-14(7-9-15)5-4-13(2)17-11-10-16-12-17;/h6-13H,3-5H2,1-2H3;1H. The Morgan fingerprint density at radius 1 is 1.26 bits per heavy atom. The molecular weight excluding hydrogens is 351 g/mol. The van der Waals surface area contributed by atoms with Crippen molar-refractivity contribution in [2.75, 3.05) is 6.61 Å². The Balaban J connectivity index is 0.00000180. The Labute approximate surface area is 132 Å². The number of hydrogen-bond donors (Lipinski definition) is 1. The Hall–Kier alpha value is -1.04. The molecule has 1 aromatic heterocycles. The van der Waals surface area contributed by atoms with Crippen molar-refractivity contribution in [1.82, 2.24) is 4.98 Å². The van der Waals surface area contributed by atoms with Crippen LogP contribution in [-0.2, 0) is 6.42 Å². The minimum Gasteiger partial charge on any atom is -1.00 e. The molecule has 1 N–H and O–H groups in total. The Kier molecular flexibility index (Phi) is 6.91. The monoisotopic (exact) mass is 372 g/mol. The van der Waals surface area contributed by atoms with Gasteiger partial charge in [-0.25, -0.2) is 4.57 Å². The number of nitrogens with zero attached hydrogens (tertiary/aromatic N) is 1. The number of H-pyrrole nitrogens is 1. The lowest BCUT2D eigenvalue weighted by atomic mass is 10.1. The third-order valence-electron chi connectivity index (χ3n) is 3.16. The second kappa shape index (κ2) is 8.19. The minimum atomic E-state index is 0. The van der Waals surface area contributed by atoms with Gasteiger partial charge in [-0.15, -0.1) is 0 Å². The highest BCUT2D eigenvalue weighted by atomic mass is 127. The van der Waals surface area contributed by atoms with Gasteiger partial charge in [-0.1, -0.05) is 12.1 Å². The van der Waals surface area contributed by atoms with Gasteiger partial charge in [0.05, 0.1) is 12.6 Å². The number of benzene rings is 1. The fourth-order valence-electron chi connectivity index (χ4n) is 2.02. The average molecular weight is 372 g/mol. The largest absolute Gasteiger partial charge is 1.00 e. The van der Waals surface area contributed by atoms with Gasteiger partial charge in [-0.2, -0.15) is 0 Å². The van der Waals surface area contributed by atoms with Crippen LogP contribution >= 0.6 is 0 Å². The van der Waals surface area contributed by atoms with Crippen LogP contribution in [0.2, 0.25) is 0 Å². The summed E-state index contributed by atoms with van der Waals surface area (Å²) in [5.74, 6) is 0.953. The van der Waals surface area contributed by atoms with Gasteiger partial charge in [0, 0.05) is 0 Å². The molecule has 0 spiro atoms. The van der Waals surface area contributed by atoms with Crippen LogP contribution in [0.5, 0.6) is 5.75 Å². The predicted molar refractivity (Wildman–Crippen MR) is 71.6 cm³/mol. The molecule has 0 bridgehead atoms. The Morgan fingerprint density at radius 2 is 2.00 bits per heavy atom. The molecule has 2 rings (SSSR count). The smallest absolute Gasteiger partial charge is 0.241 e. The normalized spacial score (nSPS) is 11.7. The quantitative estimate of drug-likeness (QED) is 0.557. The summed E-state index contributed by atoms with van der Waals surface area (Å²) < 4.78 is 7.64. The summed E-state index contributed by atoms with van der Waals surface area (Å²) in [6, 6.07) is 8.92. The summed E-state index contributed by atoms with van der Waals surface area (Å²) >= 11 is 0. The molecule has 0 radical (unpaired) electrons. The summed E-state index contributed by atoms with van der Waals surface area (Å²) in [5, 5.41) is 0. The van der Waals surface area contributed by atoms with E-state index in [1.807, 2.05) is 31.6 Å². The van der Waals surface area contributed by atoms with Crippen molar-refractivity contribution in [2.24, 2.45) is 0 Å². The van der Waals surface area contributed by atoms with Crippen LogP contribution in [-0.4, -0.2) is 11.6 Å². The van der Waals surface area contributed by atoms with E-state index in [4.69, 9.17) is 4.74 Å². The first-order valence-corrected chi connectivity index (χ1v) is 6.55. The minimum absolute atomic E-state index is 0. The van der Waals surface area contributed by atoms with Crippen LogP contribution in [0, 0.1) is 0 Å². The van der Waals surface area contributed by atoms with Gasteiger partial charge in [-0.05, 0) is 44.4 Å². The lowest BCUT2D eigenvalue weighted by Crippen LogP contribution is -3.00. The van der Waals surface area contributed by atoms with Gasteiger partial charge in [0.25, 0.3) is 0 Å². The van der Waals surface area contributed by atoms with E-state index in [-0.39, 0.29) is 24.0 Å². The highest BCUT2D eigenvalue weighted by Gasteiger charge is 2.08. The summed E-state index contributed by atoms with van der Waals surface area (Å²) in [7, 11) is 0. The van der Waals surface area contributed by atoms with Gasteiger partial charge < -0.3 is 28.7 Å². The average Bonchev–Trinajstić information content (AvgIpc) is 2.92. The highest BCUT2D eigenvalue weighted by molar-refractivity contribution is 5.27. The molecule has 19 heavy (non-hydrogen) atoms. The van der Waals surface area contributed by atoms with Crippen LogP contribution < -0.4 is 33.3 Å². The second-order valence-corrected chi connectivity index (χ2v) is 4.52. The molecule has 0 saturated heterocycles. The number of imidazole rings is 1. The maximum atomic E-state index is 5.44. The first-order valence-electron chi connectivity index (χ1n) is 6.55. The molecule has 4 heteroatoms. The molecular formula is C15H21IN2O. The predicted octanol–water partition coefficient (Wildman–Crippen LogP) is -0.101. The van der Waals surface area contributed by atoms with E-state index in [2.05, 4.69) is 34.8 Å². The van der Waals surface area contributed by atoms with Gasteiger partial charge >= 0.3 is 0 Å². The molecule has 1 unspecified atom stereocenters. The Morgan fingerprint density at radius 3 is 2.58 bits per heavy atom. The molecule has 104 valence electrons. The number of aromatic amines is 1. The SMILES string of the molecule is CCOc1ccc(CCC(C)[n+]2cc[nH]c2)cc1.[I-]. The van der Waals surface area contributed by atoms with Crippen molar-refractivity contribution >= 4 is 0 Å². The van der Waals surface area contributed by atoms with Crippen molar-refractivity contribution in [2.45, 2.75) is 32.7 Å². The van der Waals surface area contributed by atoms with Crippen molar-refractivity contribution in [1.29, 1.82) is 0 Å². The zero-order valence-corrected chi connectivity index (χ0v) is 13.6. The molecule has 0 aliphatic rings. The molecule has 0 saturated carbocycles. The number of ether oxygens (including phenoxy) is 1. The number of aromatic nitrogens is 2. The molecule has 1 atom stereocenters. The van der Waals surface area contributed by atoms with Crippen molar-refractivity contribution < 1.29 is 33.3 Å².